The molecule has 0 unspecified atom stereocenters. The molecule has 0 saturated carbocycles. The fourth-order valence-corrected chi connectivity index (χ4v) is 2.96. The van der Waals surface area contributed by atoms with Crippen LogP contribution in [0.2, 0.25) is 23.7 Å². The number of aldehydes is 1. The Labute approximate surface area is 180 Å². The standard InChI is InChI=1S/C10H11ClN2O.C8H5ClN2O.C2H7B/c1-2-14-6-10-4-8(11)3-9-5-12-7-13(9)10;9-6-1-7-3-10-5-11(7)8(2-6)4-12;1-3-2/h3-5,7H,2,6H2,1H3;1-5H;3H,1-2H3. The van der Waals surface area contributed by atoms with Crippen molar-refractivity contribution in [2.24, 2.45) is 0 Å². The van der Waals surface area contributed by atoms with Crippen molar-refractivity contribution < 1.29 is 9.53 Å². The number of pyridine rings is 2. The van der Waals surface area contributed by atoms with Crippen LogP contribution in [0.1, 0.15) is 23.1 Å². The lowest BCUT2D eigenvalue weighted by atomic mass is 9.88. The Morgan fingerprint density at radius 2 is 1.55 bits per heavy atom. The molecule has 152 valence electrons. The van der Waals surface area contributed by atoms with Crippen molar-refractivity contribution in [3.05, 3.63) is 70.7 Å². The van der Waals surface area contributed by atoms with Crippen LogP contribution in [-0.2, 0) is 11.3 Å². The summed E-state index contributed by atoms with van der Waals surface area (Å²) in [6, 6.07) is 7.13. The molecule has 0 aromatic carbocycles. The third-order valence-electron chi connectivity index (χ3n) is 3.66. The maximum Gasteiger partial charge on any atom is 0.166 e. The topological polar surface area (TPSA) is 60.9 Å². The third-order valence-corrected chi connectivity index (χ3v) is 4.09. The molecular formula is C20H23BCl2N4O2. The predicted molar refractivity (Wildman–Crippen MR) is 120 cm³/mol. The van der Waals surface area contributed by atoms with Gasteiger partial charge in [-0.25, -0.2) is 9.97 Å². The average molecular weight is 433 g/mol. The summed E-state index contributed by atoms with van der Waals surface area (Å²) in [5.41, 5.74) is 3.35. The van der Waals surface area contributed by atoms with Gasteiger partial charge in [-0.3, -0.25) is 9.20 Å². The summed E-state index contributed by atoms with van der Waals surface area (Å²) < 4.78 is 9.00. The number of carbonyl (C=O) groups excluding carboxylic acids is 1. The molecule has 0 radical (unpaired) electrons. The van der Waals surface area contributed by atoms with E-state index >= 15 is 0 Å². The summed E-state index contributed by atoms with van der Waals surface area (Å²) in [7, 11) is 1.25. The van der Waals surface area contributed by atoms with Gasteiger partial charge in [0.1, 0.15) is 7.28 Å². The summed E-state index contributed by atoms with van der Waals surface area (Å²) >= 11 is 11.7. The fourth-order valence-electron chi connectivity index (χ4n) is 2.49. The Kier molecular flexibility index (Phi) is 9.18. The van der Waals surface area contributed by atoms with E-state index in [0.717, 1.165) is 23.0 Å². The number of hydrogen-bond donors (Lipinski definition) is 0. The molecule has 0 aliphatic carbocycles. The Morgan fingerprint density at radius 1 is 1.00 bits per heavy atom. The fraction of sp³-hybridized carbons (Fsp3) is 0.250. The van der Waals surface area contributed by atoms with Gasteiger partial charge in [-0.05, 0) is 31.2 Å². The van der Waals surface area contributed by atoms with Crippen LogP contribution in [-0.4, -0.2) is 38.9 Å². The number of hydrogen-bond acceptors (Lipinski definition) is 4. The van der Waals surface area contributed by atoms with Gasteiger partial charge >= 0.3 is 0 Å². The molecule has 9 heteroatoms. The van der Waals surface area contributed by atoms with Crippen LogP contribution in [0.15, 0.2) is 49.3 Å². The first kappa shape index (κ1) is 22.9. The molecule has 4 aromatic rings. The van der Waals surface area contributed by atoms with Gasteiger partial charge in [-0.1, -0.05) is 36.8 Å². The molecule has 6 nitrogen and oxygen atoms in total. The maximum absolute atomic E-state index is 10.6. The monoisotopic (exact) mass is 432 g/mol. The lowest BCUT2D eigenvalue weighted by Gasteiger charge is -2.06. The summed E-state index contributed by atoms with van der Waals surface area (Å²) in [6.45, 7) is 7.47. The molecular weight excluding hydrogens is 410 g/mol. The summed E-state index contributed by atoms with van der Waals surface area (Å²) in [5, 5.41) is 1.26. The molecule has 0 spiro atoms. The predicted octanol–water partition coefficient (Wildman–Crippen LogP) is 4.84. The van der Waals surface area contributed by atoms with E-state index in [0.29, 0.717) is 29.0 Å². The SMILES string of the molecule is CBC.CCOCc1cc(Cl)cc2cncn12.O=Cc1cc(Cl)cc2cncn12. The number of halogens is 2. The largest absolute Gasteiger partial charge is 0.376 e. The van der Waals surface area contributed by atoms with Crippen molar-refractivity contribution in [3.63, 3.8) is 0 Å². The van der Waals surface area contributed by atoms with Crippen molar-refractivity contribution in [2.45, 2.75) is 27.2 Å². The first-order chi connectivity index (χ1) is 14.0. The second-order valence-electron chi connectivity index (χ2n) is 6.10. The average Bonchev–Trinajstić information content (AvgIpc) is 3.35. The molecule has 0 fully saturated rings. The van der Waals surface area contributed by atoms with Gasteiger partial charge in [-0.2, -0.15) is 0 Å². The second-order valence-corrected chi connectivity index (χ2v) is 6.98. The Hall–Kier alpha value is -2.35. The van der Waals surface area contributed by atoms with Crippen molar-refractivity contribution in [2.75, 3.05) is 6.61 Å². The lowest BCUT2D eigenvalue weighted by Crippen LogP contribution is -1.99. The van der Waals surface area contributed by atoms with Gasteiger partial charge in [0.15, 0.2) is 6.29 Å². The van der Waals surface area contributed by atoms with Crippen molar-refractivity contribution >= 4 is 47.8 Å². The van der Waals surface area contributed by atoms with Crippen molar-refractivity contribution in [1.82, 2.24) is 18.8 Å². The number of fused-ring (bicyclic) bond motifs is 2. The van der Waals surface area contributed by atoms with Gasteiger partial charge in [0.25, 0.3) is 0 Å². The third kappa shape index (κ3) is 6.32. The first-order valence-corrected chi connectivity index (χ1v) is 10.0. The number of imidazole rings is 2. The quantitative estimate of drug-likeness (QED) is 0.341. The second kappa shape index (κ2) is 11.6. The van der Waals surface area contributed by atoms with E-state index in [-0.39, 0.29) is 0 Å². The number of ether oxygens (including phenoxy) is 1. The van der Waals surface area contributed by atoms with E-state index in [4.69, 9.17) is 27.9 Å². The van der Waals surface area contributed by atoms with Crippen LogP contribution < -0.4 is 0 Å². The Balaban J connectivity index is 0.000000184. The summed E-state index contributed by atoms with van der Waals surface area (Å²) in [4.78, 5) is 18.5. The highest BCUT2D eigenvalue weighted by Crippen LogP contribution is 2.16. The Morgan fingerprint density at radius 3 is 2.14 bits per heavy atom. The van der Waals surface area contributed by atoms with E-state index in [9.17, 15) is 4.79 Å². The van der Waals surface area contributed by atoms with Gasteiger partial charge in [0, 0.05) is 16.7 Å². The van der Waals surface area contributed by atoms with Gasteiger partial charge < -0.3 is 9.14 Å². The lowest BCUT2D eigenvalue weighted by molar-refractivity contribution is 0.111. The van der Waals surface area contributed by atoms with E-state index < -0.39 is 0 Å². The zero-order valence-electron chi connectivity index (χ0n) is 16.7. The van der Waals surface area contributed by atoms with Crippen LogP contribution >= 0.6 is 23.2 Å². The normalized spacial score (nSPS) is 10.1. The number of carbonyl (C=O) groups is 1. The maximum atomic E-state index is 10.6. The van der Waals surface area contributed by atoms with Crippen molar-refractivity contribution in [1.29, 1.82) is 0 Å². The first-order valence-electron chi connectivity index (χ1n) is 9.28. The molecule has 29 heavy (non-hydrogen) atoms. The molecule has 4 rings (SSSR count). The minimum absolute atomic E-state index is 0.509. The number of nitrogens with zero attached hydrogens (tertiary/aromatic N) is 4. The molecule has 0 saturated heterocycles. The minimum atomic E-state index is 0.509. The summed E-state index contributed by atoms with van der Waals surface area (Å²) in [6.07, 6.45) is 7.52. The molecule has 0 aliphatic heterocycles. The highest BCUT2D eigenvalue weighted by Gasteiger charge is 2.03. The summed E-state index contributed by atoms with van der Waals surface area (Å²) in [5.74, 6) is 0. The van der Waals surface area contributed by atoms with Crippen LogP contribution in [0.25, 0.3) is 11.0 Å². The van der Waals surface area contributed by atoms with E-state index in [1.54, 1.807) is 41.6 Å². The van der Waals surface area contributed by atoms with E-state index in [1.807, 2.05) is 23.5 Å². The van der Waals surface area contributed by atoms with Crippen molar-refractivity contribution in [3.8, 4) is 0 Å². The molecule has 0 amide bonds. The number of aromatic nitrogens is 4. The molecule has 0 N–H and O–H groups in total. The molecule has 0 atom stereocenters. The smallest absolute Gasteiger partial charge is 0.166 e. The molecule has 0 bridgehead atoms. The van der Waals surface area contributed by atoms with Crippen LogP contribution in [0.5, 0.6) is 0 Å². The molecule has 4 aromatic heterocycles. The Bertz CT molecular complexity index is 1070. The van der Waals surface area contributed by atoms with E-state index in [1.165, 1.54) is 7.28 Å². The van der Waals surface area contributed by atoms with Crippen LogP contribution in [0.4, 0.5) is 0 Å². The van der Waals surface area contributed by atoms with E-state index in [2.05, 4.69) is 23.6 Å². The van der Waals surface area contributed by atoms with Gasteiger partial charge in [0.2, 0.25) is 0 Å². The molecule has 4 heterocycles. The van der Waals surface area contributed by atoms with Gasteiger partial charge in [-0.15, -0.1) is 0 Å². The minimum Gasteiger partial charge on any atom is -0.376 e. The highest BCUT2D eigenvalue weighted by molar-refractivity contribution is 6.31. The van der Waals surface area contributed by atoms with Crippen LogP contribution in [0.3, 0.4) is 0 Å². The van der Waals surface area contributed by atoms with Crippen LogP contribution in [0, 0.1) is 0 Å². The molecule has 0 aliphatic rings. The zero-order valence-corrected chi connectivity index (χ0v) is 18.2. The zero-order chi connectivity index (χ0) is 21.2. The van der Waals surface area contributed by atoms with Gasteiger partial charge in [0.05, 0.1) is 54.1 Å². The number of rotatable bonds is 4. The highest BCUT2D eigenvalue weighted by atomic mass is 35.5.